The van der Waals surface area contributed by atoms with E-state index in [0.717, 1.165) is 12.8 Å². The molecule has 11 nitrogen and oxygen atoms in total. The molecule has 2 saturated carbocycles. The van der Waals surface area contributed by atoms with Crippen LogP contribution in [0.5, 0.6) is 0 Å². The molecule has 4 heterocycles. The molecule has 3 fully saturated rings. The van der Waals surface area contributed by atoms with Crippen LogP contribution in [0, 0.1) is 0 Å². The predicted molar refractivity (Wildman–Crippen MR) is 141 cm³/mol. The maximum absolute atomic E-state index is 13.6. The number of carbonyl (C=O) groups is 1. The number of imidazole rings is 1. The first kappa shape index (κ1) is 27.4. The smallest absolute Gasteiger partial charge is 0.368 e. The van der Waals surface area contributed by atoms with Gasteiger partial charge in [0.15, 0.2) is 10.7 Å². The molecule has 1 aliphatic heterocycles. The van der Waals surface area contributed by atoms with Crippen LogP contribution in [-0.4, -0.2) is 64.1 Å². The zero-order valence-electron chi connectivity index (χ0n) is 22.0. The molecule has 16 heteroatoms. The highest BCUT2D eigenvalue weighted by atomic mass is 32.2. The van der Waals surface area contributed by atoms with Gasteiger partial charge in [-0.2, -0.15) is 13.2 Å². The number of alkyl halides is 3. The van der Waals surface area contributed by atoms with E-state index in [4.69, 9.17) is 10.7 Å². The van der Waals surface area contributed by atoms with Gasteiger partial charge in [0.2, 0.25) is 20.9 Å². The van der Waals surface area contributed by atoms with E-state index in [1.807, 2.05) is 25.7 Å². The summed E-state index contributed by atoms with van der Waals surface area (Å²) in [6.07, 6.45) is -0.301. The summed E-state index contributed by atoms with van der Waals surface area (Å²) in [5.74, 6) is -0.556. The van der Waals surface area contributed by atoms with Crippen molar-refractivity contribution in [1.82, 2.24) is 29.6 Å². The summed E-state index contributed by atoms with van der Waals surface area (Å²) in [5.41, 5.74) is 6.15. The maximum Gasteiger partial charge on any atom is 0.445 e. The van der Waals surface area contributed by atoms with Crippen LogP contribution in [-0.2, 0) is 21.0 Å². The topological polar surface area (TPSA) is 148 Å². The Kier molecular flexibility index (Phi) is 6.04. The molecule has 1 amide bonds. The van der Waals surface area contributed by atoms with Crippen molar-refractivity contribution < 1.29 is 26.4 Å². The van der Waals surface area contributed by atoms with Crippen LogP contribution in [0.15, 0.2) is 17.2 Å². The number of primary amides is 1. The minimum absolute atomic E-state index is 0.00000921. The van der Waals surface area contributed by atoms with Gasteiger partial charge in [-0.25, -0.2) is 18.1 Å². The zero-order valence-corrected chi connectivity index (χ0v) is 23.7. The number of nitrogens with zero attached hydrogens (tertiary/aromatic N) is 5. The highest BCUT2D eigenvalue weighted by Gasteiger charge is 2.43. The lowest BCUT2D eigenvalue weighted by molar-refractivity contribution is -0.138. The van der Waals surface area contributed by atoms with Gasteiger partial charge in [-0.3, -0.25) is 14.5 Å². The molecule has 3 aliphatic rings. The third-order valence-electron chi connectivity index (χ3n) is 7.47. The van der Waals surface area contributed by atoms with Crippen molar-refractivity contribution in [3.05, 3.63) is 23.0 Å². The van der Waals surface area contributed by atoms with E-state index >= 15 is 0 Å². The SMILES string of the molecule is CC1(C)CN(c2cc(S(=O)(=O)NC3(C)CC3)cn3c(-c4nnc(C(F)(F)F)s4)c(C4CC4)nc23)C[C@@H](C(N)=O)N1. The van der Waals surface area contributed by atoms with Crippen molar-refractivity contribution in [2.75, 3.05) is 18.0 Å². The first-order valence-electron chi connectivity index (χ1n) is 12.9. The van der Waals surface area contributed by atoms with Crippen LogP contribution in [0.3, 0.4) is 0 Å². The normalized spacial score (nSPS) is 22.6. The summed E-state index contributed by atoms with van der Waals surface area (Å²) < 4.78 is 71.7. The van der Waals surface area contributed by atoms with Gasteiger partial charge in [0.25, 0.3) is 0 Å². The Hall–Kier alpha value is -2.82. The van der Waals surface area contributed by atoms with Crippen LogP contribution >= 0.6 is 11.3 Å². The van der Waals surface area contributed by atoms with Gasteiger partial charge in [0, 0.05) is 36.3 Å². The average Bonchev–Trinajstić information content (AvgIpc) is 3.71. The minimum Gasteiger partial charge on any atom is -0.368 e. The zero-order chi connectivity index (χ0) is 28.8. The number of amides is 1. The van der Waals surface area contributed by atoms with Crippen molar-refractivity contribution in [2.45, 2.75) is 80.6 Å². The van der Waals surface area contributed by atoms with Crippen molar-refractivity contribution in [1.29, 1.82) is 0 Å². The number of aromatic nitrogens is 4. The number of piperazine rings is 1. The fourth-order valence-corrected chi connectivity index (χ4v) is 7.37. The van der Waals surface area contributed by atoms with E-state index in [-0.39, 0.29) is 22.4 Å². The second kappa shape index (κ2) is 8.84. The van der Waals surface area contributed by atoms with Gasteiger partial charge in [-0.1, -0.05) is 11.3 Å². The number of pyridine rings is 1. The number of rotatable bonds is 7. The number of sulfonamides is 1. The van der Waals surface area contributed by atoms with Crippen LogP contribution in [0.4, 0.5) is 18.9 Å². The summed E-state index contributed by atoms with van der Waals surface area (Å²) in [7, 11) is -4.02. The predicted octanol–water partition coefficient (Wildman–Crippen LogP) is 2.62. The maximum atomic E-state index is 13.6. The highest BCUT2D eigenvalue weighted by molar-refractivity contribution is 7.89. The number of hydrogen-bond donors (Lipinski definition) is 3. The lowest BCUT2D eigenvalue weighted by Gasteiger charge is -2.43. The standard InChI is InChI=1S/C24H29F3N8O3S2/c1-22(2)11-34(10-14(30-22)18(28)36)15-8-13(40(37,38)33-23(3)6-7-23)9-35-17(16(12-4-5-12)29-19(15)35)20-31-32-21(39-20)24(25,26)27/h8-9,12,14,30,33H,4-7,10-11H2,1-3H3,(H2,28,36)/t14-/m0/s1. The molecule has 40 heavy (non-hydrogen) atoms. The molecule has 0 radical (unpaired) electrons. The third kappa shape index (κ3) is 5.05. The molecule has 6 rings (SSSR count). The first-order valence-corrected chi connectivity index (χ1v) is 15.2. The van der Waals surface area contributed by atoms with Gasteiger partial charge in [-0.15, -0.1) is 10.2 Å². The molecule has 0 spiro atoms. The Morgan fingerprint density at radius 3 is 2.50 bits per heavy atom. The molecule has 0 bridgehead atoms. The minimum atomic E-state index is -4.67. The quantitative estimate of drug-likeness (QED) is 0.376. The molecule has 1 saturated heterocycles. The number of fused-ring (bicyclic) bond motifs is 1. The largest absolute Gasteiger partial charge is 0.445 e. The monoisotopic (exact) mass is 598 g/mol. The highest BCUT2D eigenvalue weighted by Crippen LogP contribution is 2.47. The van der Waals surface area contributed by atoms with E-state index < -0.39 is 44.2 Å². The molecule has 216 valence electrons. The number of carbonyl (C=O) groups excluding carboxylic acids is 1. The van der Waals surface area contributed by atoms with Gasteiger partial charge in [0.05, 0.1) is 11.4 Å². The molecule has 1 atom stereocenters. The van der Waals surface area contributed by atoms with Crippen LogP contribution < -0.4 is 20.7 Å². The molecule has 0 aromatic carbocycles. The Labute approximate surface area is 232 Å². The molecule has 3 aromatic heterocycles. The second-order valence-electron chi connectivity index (χ2n) is 11.8. The molecular weight excluding hydrogens is 569 g/mol. The summed E-state index contributed by atoms with van der Waals surface area (Å²) in [5, 5.41) is 9.32. The Bertz CT molecular complexity index is 1620. The van der Waals surface area contributed by atoms with Crippen LogP contribution in [0.2, 0.25) is 0 Å². The second-order valence-corrected chi connectivity index (χ2v) is 14.5. The van der Waals surface area contributed by atoms with Gasteiger partial charge >= 0.3 is 6.18 Å². The van der Waals surface area contributed by atoms with E-state index in [1.165, 1.54) is 16.7 Å². The van der Waals surface area contributed by atoms with Gasteiger partial charge in [-0.05, 0) is 52.5 Å². The number of anilines is 1. The third-order valence-corrected chi connectivity index (χ3v) is 10.0. The van der Waals surface area contributed by atoms with Crippen molar-refractivity contribution in [3.63, 3.8) is 0 Å². The van der Waals surface area contributed by atoms with E-state index in [0.29, 0.717) is 53.4 Å². The first-order chi connectivity index (χ1) is 18.6. The van der Waals surface area contributed by atoms with Crippen LogP contribution in [0.1, 0.15) is 63.1 Å². The van der Waals surface area contributed by atoms with Crippen molar-refractivity contribution in [3.8, 4) is 10.7 Å². The fraction of sp³-hybridized carbons (Fsp3) is 0.583. The van der Waals surface area contributed by atoms with E-state index in [2.05, 4.69) is 20.2 Å². The molecule has 0 unspecified atom stereocenters. The fourth-order valence-electron chi connectivity index (χ4n) is 5.13. The molecular formula is C24H29F3N8O3S2. The average molecular weight is 599 g/mol. The van der Waals surface area contributed by atoms with Crippen molar-refractivity contribution >= 4 is 38.6 Å². The summed E-state index contributed by atoms with van der Waals surface area (Å²) in [4.78, 5) is 18.8. The summed E-state index contributed by atoms with van der Waals surface area (Å²) in [6.45, 7) is 6.15. The van der Waals surface area contributed by atoms with Gasteiger partial charge in [0.1, 0.15) is 16.6 Å². The lowest BCUT2D eigenvalue weighted by Crippen LogP contribution is -2.65. The Balaban J connectivity index is 1.58. The molecule has 4 N–H and O–H groups in total. The Morgan fingerprint density at radius 2 is 1.93 bits per heavy atom. The van der Waals surface area contributed by atoms with Gasteiger partial charge < -0.3 is 10.6 Å². The Morgan fingerprint density at radius 1 is 1.23 bits per heavy atom. The van der Waals surface area contributed by atoms with Crippen LogP contribution in [0.25, 0.3) is 16.3 Å². The van der Waals surface area contributed by atoms with E-state index in [9.17, 15) is 26.4 Å². The lowest BCUT2D eigenvalue weighted by atomic mass is 9.97. The molecule has 3 aromatic rings. The summed E-state index contributed by atoms with van der Waals surface area (Å²) in [6, 6.07) is 0.791. The number of hydrogen-bond acceptors (Lipinski definition) is 9. The summed E-state index contributed by atoms with van der Waals surface area (Å²) >= 11 is 0.393. The number of nitrogens with two attached hydrogens (primary N) is 1. The number of halogens is 3. The number of nitrogens with one attached hydrogen (secondary N) is 2. The molecule has 2 aliphatic carbocycles. The van der Waals surface area contributed by atoms with E-state index in [1.54, 1.807) is 0 Å². The van der Waals surface area contributed by atoms with Crippen molar-refractivity contribution in [2.24, 2.45) is 5.73 Å².